The van der Waals surface area contributed by atoms with E-state index in [0.717, 1.165) is 12.8 Å². The van der Waals surface area contributed by atoms with E-state index in [4.69, 9.17) is 0 Å². The van der Waals surface area contributed by atoms with Gasteiger partial charge in [0, 0.05) is 6.04 Å². The lowest BCUT2D eigenvalue weighted by Gasteiger charge is -2.27. The van der Waals surface area contributed by atoms with Crippen LogP contribution in [-0.4, -0.2) is 13.1 Å². The molecule has 0 radical (unpaired) electrons. The van der Waals surface area contributed by atoms with Gasteiger partial charge in [-0.05, 0) is 49.4 Å². The van der Waals surface area contributed by atoms with Crippen molar-refractivity contribution in [1.29, 1.82) is 0 Å². The maximum Gasteiger partial charge on any atom is 0.0173 e. The molecule has 0 fully saturated rings. The first-order valence-corrected chi connectivity index (χ1v) is 7.53. The van der Waals surface area contributed by atoms with E-state index in [1.807, 2.05) is 0 Å². The number of likely N-dealkylation sites (N-methyl/N-ethyl adjacent to an activating group) is 1. The molecule has 0 aromatic heterocycles. The summed E-state index contributed by atoms with van der Waals surface area (Å²) >= 11 is 0. The fourth-order valence-electron chi connectivity index (χ4n) is 2.97. The third-order valence-corrected chi connectivity index (χ3v) is 4.23. The zero-order valence-electron chi connectivity index (χ0n) is 12.8. The average Bonchev–Trinajstić information content (AvgIpc) is 2.50. The van der Waals surface area contributed by atoms with E-state index in [1.165, 1.54) is 16.7 Å². The zero-order valence-corrected chi connectivity index (χ0v) is 12.8. The Kier molecular flexibility index (Phi) is 5.37. The molecular weight excluding hydrogens is 242 g/mol. The van der Waals surface area contributed by atoms with Crippen LogP contribution in [-0.2, 0) is 6.42 Å². The summed E-state index contributed by atoms with van der Waals surface area (Å²) in [5.41, 5.74) is 4.26. The Bertz CT molecular complexity index is 518. The Morgan fingerprint density at radius 1 is 0.950 bits per heavy atom. The van der Waals surface area contributed by atoms with Gasteiger partial charge in [0.1, 0.15) is 0 Å². The van der Waals surface area contributed by atoms with E-state index >= 15 is 0 Å². The minimum absolute atomic E-state index is 0.475. The minimum Gasteiger partial charge on any atom is -0.316 e. The normalized spacial score (nSPS) is 13.9. The van der Waals surface area contributed by atoms with Crippen molar-refractivity contribution in [2.75, 3.05) is 7.05 Å². The van der Waals surface area contributed by atoms with Crippen LogP contribution in [0.25, 0.3) is 0 Å². The molecule has 0 saturated carbocycles. The number of aryl methyl sites for hydroxylation is 1. The minimum atomic E-state index is 0.475. The van der Waals surface area contributed by atoms with Crippen LogP contribution < -0.4 is 5.32 Å². The number of nitrogens with one attached hydrogen (secondary N) is 1. The van der Waals surface area contributed by atoms with Gasteiger partial charge in [-0.15, -0.1) is 0 Å². The topological polar surface area (TPSA) is 12.0 Å². The summed E-state index contributed by atoms with van der Waals surface area (Å²) in [5, 5.41) is 3.53. The first-order chi connectivity index (χ1) is 9.76. The van der Waals surface area contributed by atoms with Crippen LogP contribution in [0.2, 0.25) is 0 Å². The Hall–Kier alpha value is -1.60. The first kappa shape index (κ1) is 14.8. The summed E-state index contributed by atoms with van der Waals surface area (Å²) in [6, 6.07) is 20.0. The van der Waals surface area contributed by atoms with Crippen LogP contribution in [0.1, 0.15) is 36.0 Å². The van der Waals surface area contributed by atoms with E-state index in [1.54, 1.807) is 0 Å². The van der Waals surface area contributed by atoms with Crippen LogP contribution >= 0.6 is 0 Å². The van der Waals surface area contributed by atoms with Gasteiger partial charge in [0.05, 0.1) is 0 Å². The van der Waals surface area contributed by atoms with Crippen molar-refractivity contribution in [2.24, 2.45) is 0 Å². The highest BCUT2D eigenvalue weighted by atomic mass is 14.9. The van der Waals surface area contributed by atoms with E-state index in [-0.39, 0.29) is 0 Å². The monoisotopic (exact) mass is 267 g/mol. The van der Waals surface area contributed by atoms with Gasteiger partial charge < -0.3 is 5.32 Å². The van der Waals surface area contributed by atoms with Crippen LogP contribution in [0.15, 0.2) is 54.6 Å². The number of benzene rings is 2. The first-order valence-electron chi connectivity index (χ1n) is 7.53. The molecule has 0 aliphatic rings. The third kappa shape index (κ3) is 3.49. The number of hydrogen-bond donors (Lipinski definition) is 1. The molecule has 2 rings (SSSR count). The Labute approximate surface area is 123 Å². The third-order valence-electron chi connectivity index (χ3n) is 4.23. The smallest absolute Gasteiger partial charge is 0.0173 e. The standard InChI is InChI=1S/C19H25N/c1-4-18(16-11-6-5-7-12-16)19(20-3)14-17-13-9-8-10-15(17)2/h5-13,18-20H,4,14H2,1-3H3. The lowest BCUT2D eigenvalue weighted by Crippen LogP contribution is -2.34. The van der Waals surface area contributed by atoms with Gasteiger partial charge >= 0.3 is 0 Å². The SMILES string of the molecule is CCC(c1ccccc1)C(Cc1ccccc1C)NC. The maximum atomic E-state index is 3.53. The Morgan fingerprint density at radius 2 is 1.60 bits per heavy atom. The van der Waals surface area contributed by atoms with Crippen molar-refractivity contribution in [3.63, 3.8) is 0 Å². The van der Waals surface area contributed by atoms with Crippen molar-refractivity contribution in [3.8, 4) is 0 Å². The van der Waals surface area contributed by atoms with Crippen molar-refractivity contribution in [2.45, 2.75) is 38.6 Å². The quantitative estimate of drug-likeness (QED) is 0.822. The van der Waals surface area contributed by atoms with E-state index in [0.29, 0.717) is 12.0 Å². The summed E-state index contributed by atoms with van der Waals surface area (Å²) in [4.78, 5) is 0. The fourth-order valence-corrected chi connectivity index (χ4v) is 2.97. The average molecular weight is 267 g/mol. The molecular formula is C19H25N. The van der Waals surface area contributed by atoms with Gasteiger partial charge in [0.15, 0.2) is 0 Å². The molecule has 0 aliphatic carbocycles. The van der Waals surface area contributed by atoms with E-state index in [2.05, 4.69) is 80.8 Å². The summed E-state index contributed by atoms with van der Waals surface area (Å²) in [6.45, 7) is 4.48. The maximum absolute atomic E-state index is 3.53. The van der Waals surface area contributed by atoms with Gasteiger partial charge in [-0.25, -0.2) is 0 Å². The van der Waals surface area contributed by atoms with Crippen LogP contribution in [0.5, 0.6) is 0 Å². The van der Waals surface area contributed by atoms with Gasteiger partial charge in [0.2, 0.25) is 0 Å². The molecule has 1 heteroatoms. The summed E-state index contributed by atoms with van der Waals surface area (Å²) in [7, 11) is 2.08. The highest BCUT2D eigenvalue weighted by molar-refractivity contribution is 5.28. The second-order valence-corrected chi connectivity index (χ2v) is 5.45. The molecule has 0 heterocycles. The predicted octanol–water partition coefficient (Wildman–Crippen LogP) is 4.32. The molecule has 106 valence electrons. The molecule has 2 aromatic carbocycles. The molecule has 0 aliphatic heterocycles. The van der Waals surface area contributed by atoms with Crippen molar-refractivity contribution < 1.29 is 0 Å². The molecule has 2 aromatic rings. The molecule has 0 saturated heterocycles. The van der Waals surface area contributed by atoms with E-state index < -0.39 is 0 Å². The highest BCUT2D eigenvalue weighted by Crippen LogP contribution is 2.26. The fraction of sp³-hybridized carbons (Fsp3) is 0.368. The second kappa shape index (κ2) is 7.25. The van der Waals surface area contributed by atoms with Gasteiger partial charge in [0.25, 0.3) is 0 Å². The summed E-state index contributed by atoms with van der Waals surface area (Å²) in [5.74, 6) is 0.556. The van der Waals surface area contributed by atoms with Crippen LogP contribution in [0, 0.1) is 6.92 Å². The molecule has 0 spiro atoms. The Morgan fingerprint density at radius 3 is 2.20 bits per heavy atom. The number of hydrogen-bond acceptors (Lipinski definition) is 1. The molecule has 2 atom stereocenters. The summed E-state index contributed by atoms with van der Waals surface area (Å²) < 4.78 is 0. The van der Waals surface area contributed by atoms with Crippen molar-refractivity contribution in [3.05, 3.63) is 71.3 Å². The van der Waals surface area contributed by atoms with Gasteiger partial charge in [-0.3, -0.25) is 0 Å². The predicted molar refractivity (Wildman–Crippen MR) is 87.2 cm³/mol. The molecule has 2 unspecified atom stereocenters. The number of rotatable bonds is 6. The molecule has 1 nitrogen and oxygen atoms in total. The van der Waals surface area contributed by atoms with Crippen molar-refractivity contribution >= 4 is 0 Å². The Balaban J connectivity index is 2.20. The largest absolute Gasteiger partial charge is 0.316 e. The van der Waals surface area contributed by atoms with Gasteiger partial charge in [-0.2, -0.15) is 0 Å². The van der Waals surface area contributed by atoms with Crippen LogP contribution in [0.3, 0.4) is 0 Å². The second-order valence-electron chi connectivity index (χ2n) is 5.45. The highest BCUT2D eigenvalue weighted by Gasteiger charge is 2.20. The van der Waals surface area contributed by atoms with Crippen molar-refractivity contribution in [1.82, 2.24) is 5.32 Å². The molecule has 1 N–H and O–H groups in total. The van der Waals surface area contributed by atoms with Crippen LogP contribution in [0.4, 0.5) is 0 Å². The lowest BCUT2D eigenvalue weighted by atomic mass is 9.85. The molecule has 20 heavy (non-hydrogen) atoms. The van der Waals surface area contributed by atoms with Gasteiger partial charge in [-0.1, -0.05) is 61.5 Å². The van der Waals surface area contributed by atoms with E-state index in [9.17, 15) is 0 Å². The molecule has 0 bridgehead atoms. The lowest BCUT2D eigenvalue weighted by molar-refractivity contribution is 0.448. The zero-order chi connectivity index (χ0) is 14.4. The summed E-state index contributed by atoms with van der Waals surface area (Å²) in [6.07, 6.45) is 2.23. The molecule has 0 amide bonds.